The van der Waals surface area contributed by atoms with Crippen LogP contribution in [0.5, 0.6) is 0 Å². The van der Waals surface area contributed by atoms with Crippen LogP contribution in [0.4, 0.5) is 0 Å². The Morgan fingerprint density at radius 3 is 0.714 bits per heavy atom. The number of benzene rings is 9. The van der Waals surface area contributed by atoms with Crippen LogP contribution >= 0.6 is 47.8 Å². The quantitative estimate of drug-likeness (QED) is 0.0854. The van der Waals surface area contributed by atoms with Gasteiger partial charge in [-0.25, -0.2) is 0 Å². The van der Waals surface area contributed by atoms with E-state index in [1.165, 1.54) is 26.4 Å². The number of carbonyl (C=O) groups excluding carboxylic acids is 2. The van der Waals surface area contributed by atoms with E-state index < -0.39 is 58.1 Å². The van der Waals surface area contributed by atoms with Gasteiger partial charge in [0.05, 0.1) is 0 Å². The second-order valence-electron chi connectivity index (χ2n) is 17.3. The van der Waals surface area contributed by atoms with Gasteiger partial charge in [0.15, 0.2) is 0 Å². The molecule has 9 aromatic carbocycles. The fourth-order valence-corrected chi connectivity index (χ4v) is 48.7. The fourth-order valence-electron chi connectivity index (χ4n) is 10.2. The zero-order valence-electron chi connectivity index (χ0n) is 38.3. The first-order valence-corrected chi connectivity index (χ1v) is 43.0. The van der Waals surface area contributed by atoms with E-state index in [1.54, 1.807) is 0 Å². The minimum atomic E-state index is -6.65. The van der Waals surface area contributed by atoms with Crippen molar-refractivity contribution < 1.29 is 15.2 Å². The van der Waals surface area contributed by atoms with Gasteiger partial charge in [-0.1, -0.05) is 0 Å². The maximum atomic E-state index is 15.8. The zero-order chi connectivity index (χ0) is 48.5. The average Bonchev–Trinajstić information content (AvgIpc) is 3.41. The van der Waals surface area contributed by atoms with Gasteiger partial charge in [0.2, 0.25) is 0 Å². The van der Waals surface area contributed by atoms with Crippen molar-refractivity contribution in [3.05, 3.63) is 268 Å². The van der Waals surface area contributed by atoms with Crippen LogP contribution < -0.4 is 36.2 Å². The molecule has 0 aliphatic carbocycles. The van der Waals surface area contributed by atoms with Gasteiger partial charge >= 0.3 is 449 Å². The number of hydrogen-bond donors (Lipinski definition) is 0. The van der Waals surface area contributed by atoms with Crippen molar-refractivity contribution in [3.63, 3.8) is 0 Å². The first-order chi connectivity index (χ1) is 34.2. The second kappa shape index (κ2) is 22.4. The van der Waals surface area contributed by atoms with Gasteiger partial charge in [0, 0.05) is 0 Å². The van der Waals surface area contributed by atoms with Crippen LogP contribution in [0.3, 0.4) is 0 Å². The molecule has 0 saturated carbocycles. The molecule has 9 aromatic rings. The molecule has 0 unspecified atom stereocenters. The maximum absolute atomic E-state index is 15.8. The van der Waals surface area contributed by atoms with Crippen molar-refractivity contribution in [1.82, 2.24) is 0 Å². The molecule has 348 valence electrons. The van der Waals surface area contributed by atoms with Gasteiger partial charge in [0.1, 0.15) is 0 Å². The number of hydrogen-bond acceptors (Lipinski definition) is 4. The molecular weight excluding hydrogens is 1380 g/mol. The monoisotopic (exact) mass is 1430 g/mol. The molecule has 70 heavy (non-hydrogen) atoms. The molecular formula is C60H50BiBr3Ge2O4. The second-order valence-corrected chi connectivity index (χ2v) is 51.9. The Hall–Kier alpha value is -4.67. The van der Waals surface area contributed by atoms with Gasteiger partial charge in [-0.3, -0.25) is 0 Å². The first-order valence-electron chi connectivity index (χ1n) is 23.3. The molecule has 0 N–H and O–H groups in total. The third-order valence-electron chi connectivity index (χ3n) is 13.4. The normalized spacial score (nSPS) is 12.3. The Morgan fingerprint density at radius 1 is 0.314 bits per heavy atom. The SMILES string of the molecule is O=C(C[CH2][Ge]([c]1ccccc1)([c]1ccccc1)[c]1ccccc1)[O][Bi]([O]C(=O)C[CH2][Ge]([c]1ccccc1)([c]1ccccc1)[c]1ccccc1)([c]1ccc(Br)cc1)([c]1ccc(Br)cc1)[c]1ccc(Br)cc1. The summed E-state index contributed by atoms with van der Waals surface area (Å²) in [6, 6.07) is 87.5. The van der Waals surface area contributed by atoms with Crippen LogP contribution in [0.1, 0.15) is 12.8 Å². The van der Waals surface area contributed by atoms with E-state index in [0.29, 0.717) is 20.3 Å². The summed E-state index contributed by atoms with van der Waals surface area (Å²) >= 11 is -2.89. The van der Waals surface area contributed by atoms with Crippen molar-refractivity contribution in [2.45, 2.75) is 23.3 Å². The van der Waals surface area contributed by atoms with E-state index >= 15 is 9.59 Å². The Balaban J connectivity index is 1.23. The molecule has 0 fully saturated rings. The topological polar surface area (TPSA) is 52.6 Å². The van der Waals surface area contributed by atoms with Crippen LogP contribution in [0, 0.1) is 0 Å². The molecule has 9 rings (SSSR count). The molecule has 10 heteroatoms. The Morgan fingerprint density at radius 2 is 0.514 bits per heavy atom. The summed E-state index contributed by atoms with van der Waals surface area (Å²) in [6.45, 7) is 0. The summed E-state index contributed by atoms with van der Waals surface area (Å²) < 4.78 is 27.2. The molecule has 0 heterocycles. The standard InChI is InChI=1S/2C21H20GeO2.3C6H4Br.Bi/c2*23-21(24)16-17-22(18-10-4-1-5-11-18,19-12-6-2-7-13-19)20-14-8-3-9-15-20;3*7-6-4-2-1-3-5-6;/h2*1-15H,16-17H2,(H,23,24);3*2-5H;/q;;;;;+2/p-2. The van der Waals surface area contributed by atoms with Crippen molar-refractivity contribution in [3.8, 4) is 0 Å². The molecule has 0 bridgehead atoms. The van der Waals surface area contributed by atoms with E-state index in [9.17, 15) is 0 Å². The van der Waals surface area contributed by atoms with Gasteiger partial charge in [-0.2, -0.15) is 0 Å². The molecule has 0 radical (unpaired) electrons. The van der Waals surface area contributed by atoms with Crippen molar-refractivity contribution in [2.24, 2.45) is 0 Å². The van der Waals surface area contributed by atoms with Crippen LogP contribution in [-0.2, 0) is 15.2 Å². The summed E-state index contributed by atoms with van der Waals surface area (Å²) in [5.41, 5.74) is 0. The predicted octanol–water partition coefficient (Wildman–Crippen LogP) is 9.60. The number of rotatable bonds is 17. The fraction of sp³-hybridized carbons (Fsp3) is 0.0667. The summed E-state index contributed by atoms with van der Waals surface area (Å²) in [5, 5.41) is 1.11. The molecule has 0 aliphatic rings. The number of halogens is 3. The molecule has 0 aromatic heterocycles. The predicted molar refractivity (Wildman–Crippen MR) is 306 cm³/mol. The average molecular weight is 1430 g/mol. The molecule has 0 atom stereocenters. The summed E-state index contributed by atoms with van der Waals surface area (Å²) in [6.07, 6.45) is 0.165. The van der Waals surface area contributed by atoms with Crippen LogP contribution in [-0.4, -0.2) is 58.1 Å². The van der Waals surface area contributed by atoms with Crippen molar-refractivity contribution in [2.75, 3.05) is 0 Å². The van der Waals surface area contributed by atoms with E-state index in [1.807, 2.05) is 109 Å². The van der Waals surface area contributed by atoms with Crippen LogP contribution in [0.25, 0.3) is 0 Å². The molecule has 4 nitrogen and oxygen atoms in total. The van der Waals surface area contributed by atoms with Crippen molar-refractivity contribution in [1.29, 1.82) is 0 Å². The van der Waals surface area contributed by atoms with Gasteiger partial charge in [-0.15, -0.1) is 0 Å². The van der Waals surface area contributed by atoms with Gasteiger partial charge in [0.25, 0.3) is 0 Å². The Labute approximate surface area is 444 Å². The van der Waals surface area contributed by atoms with Gasteiger partial charge < -0.3 is 0 Å². The molecule has 0 saturated heterocycles. The van der Waals surface area contributed by atoms with E-state index in [-0.39, 0.29) is 12.8 Å². The third-order valence-corrected chi connectivity index (χ3v) is 54.5. The van der Waals surface area contributed by atoms with Crippen LogP contribution in [0.15, 0.2) is 268 Å². The summed E-state index contributed by atoms with van der Waals surface area (Å²) in [4.78, 5) is 31.7. The summed E-state index contributed by atoms with van der Waals surface area (Å²) in [7, 11) is 0. The summed E-state index contributed by atoms with van der Waals surface area (Å²) in [5.74, 6) is -0.839. The first kappa shape index (κ1) is 50.3. The molecule has 0 spiro atoms. The molecule has 0 aliphatic heterocycles. The Bertz CT molecular complexity index is 2700. The van der Waals surface area contributed by atoms with E-state index in [0.717, 1.165) is 13.4 Å². The van der Waals surface area contributed by atoms with E-state index in [2.05, 4.69) is 193 Å². The van der Waals surface area contributed by atoms with Crippen LogP contribution in [0.2, 0.25) is 10.5 Å². The zero-order valence-corrected chi connectivity index (χ0v) is 50.7. The third kappa shape index (κ3) is 9.94. The van der Waals surface area contributed by atoms with Gasteiger partial charge in [-0.05, 0) is 0 Å². The molecule has 0 amide bonds. The number of carbonyl (C=O) groups is 2. The van der Waals surface area contributed by atoms with E-state index in [4.69, 9.17) is 5.63 Å². The Kier molecular flexibility index (Phi) is 16.1. The minimum absolute atomic E-state index is 0.0825. The van der Waals surface area contributed by atoms with Crippen molar-refractivity contribution >= 4 is 142 Å².